The largest absolute Gasteiger partial charge is 0.466 e. The second-order valence-corrected chi connectivity index (χ2v) is 9.62. The van der Waals surface area contributed by atoms with Gasteiger partial charge in [-0.05, 0) is 51.7 Å². The van der Waals surface area contributed by atoms with Crippen LogP contribution >= 0.6 is 11.3 Å². The molecule has 2 aliphatic rings. The number of carbonyl (C=O) groups excluding carboxylic acids is 3. The van der Waals surface area contributed by atoms with Gasteiger partial charge in [-0.3, -0.25) is 19.4 Å². The number of aromatic nitrogens is 2. The van der Waals surface area contributed by atoms with Gasteiger partial charge in [0.1, 0.15) is 9.88 Å². The molecule has 8 nitrogen and oxygen atoms in total. The number of hydrogen-bond acceptors (Lipinski definition) is 7. The van der Waals surface area contributed by atoms with Crippen LogP contribution in [0.1, 0.15) is 48.0 Å². The number of thiazole rings is 1. The average molecular weight is 471 g/mol. The Hall–Kier alpha value is -2.81. The number of carbonyl (C=O) groups is 3. The van der Waals surface area contributed by atoms with E-state index in [-0.39, 0.29) is 29.6 Å². The van der Waals surface area contributed by atoms with Crippen LogP contribution in [-0.2, 0) is 14.3 Å². The van der Waals surface area contributed by atoms with Crippen LogP contribution < -0.4 is 0 Å². The third-order valence-electron chi connectivity index (χ3n) is 6.38. The van der Waals surface area contributed by atoms with Crippen molar-refractivity contribution in [2.45, 2.75) is 39.5 Å². The number of piperidine rings is 2. The van der Waals surface area contributed by atoms with Crippen LogP contribution in [0.15, 0.2) is 24.5 Å². The number of likely N-dealkylation sites (tertiary alicyclic amines) is 2. The molecule has 0 bridgehead atoms. The Morgan fingerprint density at radius 1 is 1.12 bits per heavy atom. The zero-order chi connectivity index (χ0) is 23.4. The summed E-state index contributed by atoms with van der Waals surface area (Å²) in [7, 11) is 0. The van der Waals surface area contributed by atoms with Crippen LogP contribution in [0.5, 0.6) is 0 Å². The van der Waals surface area contributed by atoms with Crippen molar-refractivity contribution >= 4 is 29.1 Å². The Labute approximate surface area is 198 Å². The summed E-state index contributed by atoms with van der Waals surface area (Å²) >= 11 is 1.38. The van der Waals surface area contributed by atoms with E-state index in [2.05, 4.69) is 9.97 Å². The normalized spacial score (nSPS) is 19.4. The third-order valence-corrected chi connectivity index (χ3v) is 7.58. The van der Waals surface area contributed by atoms with Crippen LogP contribution in [0.2, 0.25) is 0 Å². The van der Waals surface area contributed by atoms with Gasteiger partial charge in [0, 0.05) is 44.1 Å². The lowest BCUT2D eigenvalue weighted by Gasteiger charge is -2.37. The molecule has 0 spiro atoms. The molecular formula is C24H30N4O4S. The first-order valence-electron chi connectivity index (χ1n) is 11.6. The van der Waals surface area contributed by atoms with Crippen molar-refractivity contribution in [3.05, 3.63) is 35.1 Å². The van der Waals surface area contributed by atoms with Gasteiger partial charge in [0.2, 0.25) is 5.91 Å². The fourth-order valence-electron chi connectivity index (χ4n) is 4.57. The van der Waals surface area contributed by atoms with Crippen molar-refractivity contribution in [1.82, 2.24) is 19.8 Å². The molecule has 0 aliphatic carbocycles. The smallest absolute Gasteiger partial charge is 0.309 e. The number of pyridine rings is 1. The van der Waals surface area contributed by atoms with E-state index in [0.717, 1.165) is 23.4 Å². The summed E-state index contributed by atoms with van der Waals surface area (Å²) in [4.78, 5) is 51.4. The Balaban J connectivity index is 1.38. The SMILES string of the molecule is CCOC(=O)C1CCN(C(=O)C2CCCN(C(=O)c3sc(-c4cccnc4)nc3C)C2)CC1. The predicted octanol–water partition coefficient (Wildman–Crippen LogP) is 3.17. The van der Waals surface area contributed by atoms with Gasteiger partial charge in [-0.2, -0.15) is 0 Å². The van der Waals surface area contributed by atoms with Crippen LogP contribution in [0.25, 0.3) is 10.6 Å². The minimum Gasteiger partial charge on any atom is -0.466 e. The number of amides is 2. The van der Waals surface area contributed by atoms with Crippen molar-refractivity contribution in [3.63, 3.8) is 0 Å². The number of aryl methyl sites for hydroxylation is 1. The summed E-state index contributed by atoms with van der Waals surface area (Å²) in [5, 5.41) is 0.776. The van der Waals surface area contributed by atoms with Crippen LogP contribution in [-0.4, -0.2) is 70.3 Å². The molecule has 33 heavy (non-hydrogen) atoms. The monoisotopic (exact) mass is 470 g/mol. The van der Waals surface area contributed by atoms with E-state index in [4.69, 9.17) is 4.74 Å². The molecule has 2 aliphatic heterocycles. The van der Waals surface area contributed by atoms with Gasteiger partial charge in [0.05, 0.1) is 24.1 Å². The molecule has 0 N–H and O–H groups in total. The van der Waals surface area contributed by atoms with E-state index >= 15 is 0 Å². The maximum Gasteiger partial charge on any atom is 0.309 e. The highest BCUT2D eigenvalue weighted by atomic mass is 32.1. The fraction of sp³-hybridized carbons (Fsp3) is 0.542. The molecule has 2 fully saturated rings. The Kier molecular flexibility index (Phi) is 7.37. The first-order valence-corrected chi connectivity index (χ1v) is 12.4. The standard InChI is InChI=1S/C24H30N4O4S/c1-3-32-24(31)17-8-12-27(13-9-17)22(29)19-7-5-11-28(15-19)23(30)20-16(2)26-21(33-20)18-6-4-10-25-14-18/h4,6,10,14,17,19H,3,5,7-9,11-13,15H2,1-2H3. The lowest BCUT2D eigenvalue weighted by Crippen LogP contribution is -2.49. The summed E-state index contributed by atoms with van der Waals surface area (Å²) in [6.07, 6.45) is 6.31. The van der Waals surface area contributed by atoms with Crippen molar-refractivity contribution in [3.8, 4) is 10.6 Å². The van der Waals surface area contributed by atoms with Crippen molar-refractivity contribution in [2.75, 3.05) is 32.8 Å². The molecule has 0 aromatic carbocycles. The molecule has 2 aromatic rings. The second kappa shape index (κ2) is 10.4. The Bertz CT molecular complexity index is 1000. The van der Waals surface area contributed by atoms with Crippen LogP contribution in [0.4, 0.5) is 0 Å². The molecule has 4 heterocycles. The van der Waals surface area contributed by atoms with Gasteiger partial charge in [0.15, 0.2) is 0 Å². The zero-order valence-electron chi connectivity index (χ0n) is 19.2. The highest BCUT2D eigenvalue weighted by molar-refractivity contribution is 7.17. The first-order chi connectivity index (χ1) is 16.0. The van der Waals surface area contributed by atoms with Crippen molar-refractivity contribution < 1.29 is 19.1 Å². The summed E-state index contributed by atoms with van der Waals surface area (Å²) in [6.45, 7) is 6.24. The second-order valence-electron chi connectivity index (χ2n) is 8.62. The van der Waals surface area contributed by atoms with E-state index in [0.29, 0.717) is 56.2 Å². The Morgan fingerprint density at radius 3 is 2.61 bits per heavy atom. The van der Waals surface area contributed by atoms with E-state index < -0.39 is 0 Å². The van der Waals surface area contributed by atoms with Crippen molar-refractivity contribution in [1.29, 1.82) is 0 Å². The van der Waals surface area contributed by atoms with E-state index in [1.807, 2.05) is 24.0 Å². The quantitative estimate of drug-likeness (QED) is 0.623. The van der Waals surface area contributed by atoms with Gasteiger partial charge >= 0.3 is 5.97 Å². The highest BCUT2D eigenvalue weighted by Crippen LogP contribution is 2.30. The minimum atomic E-state index is -0.201. The molecule has 2 saturated heterocycles. The Morgan fingerprint density at radius 2 is 1.91 bits per heavy atom. The average Bonchev–Trinajstić information content (AvgIpc) is 3.25. The maximum atomic E-state index is 13.3. The van der Waals surface area contributed by atoms with E-state index in [9.17, 15) is 14.4 Å². The molecule has 9 heteroatoms. The summed E-state index contributed by atoms with van der Waals surface area (Å²) in [6, 6.07) is 3.78. The third kappa shape index (κ3) is 5.24. The maximum absolute atomic E-state index is 13.3. The molecule has 4 rings (SSSR count). The van der Waals surface area contributed by atoms with Crippen LogP contribution in [0.3, 0.4) is 0 Å². The molecule has 176 valence electrons. The summed E-state index contributed by atoms with van der Waals surface area (Å²) in [5.41, 5.74) is 1.60. The van der Waals surface area contributed by atoms with Gasteiger partial charge in [-0.1, -0.05) is 0 Å². The lowest BCUT2D eigenvalue weighted by atomic mass is 9.92. The van der Waals surface area contributed by atoms with E-state index in [1.54, 1.807) is 24.2 Å². The van der Waals surface area contributed by atoms with Crippen molar-refractivity contribution in [2.24, 2.45) is 11.8 Å². The molecule has 2 aromatic heterocycles. The molecule has 1 atom stereocenters. The minimum absolute atomic E-state index is 0.0568. The van der Waals surface area contributed by atoms with Gasteiger partial charge in [0.25, 0.3) is 5.91 Å². The fourth-order valence-corrected chi connectivity index (χ4v) is 5.59. The number of hydrogen-bond donors (Lipinski definition) is 0. The molecule has 2 amide bonds. The number of esters is 1. The summed E-state index contributed by atoms with van der Waals surface area (Å²) in [5.74, 6) is -0.454. The molecule has 1 unspecified atom stereocenters. The molecular weight excluding hydrogens is 440 g/mol. The lowest BCUT2D eigenvalue weighted by molar-refractivity contribution is -0.152. The predicted molar refractivity (Wildman–Crippen MR) is 125 cm³/mol. The number of nitrogens with zero attached hydrogens (tertiary/aromatic N) is 4. The van der Waals surface area contributed by atoms with E-state index in [1.165, 1.54) is 11.3 Å². The zero-order valence-corrected chi connectivity index (χ0v) is 20.0. The molecule has 0 radical (unpaired) electrons. The number of rotatable bonds is 5. The van der Waals surface area contributed by atoms with Gasteiger partial charge in [-0.25, -0.2) is 4.98 Å². The number of ether oxygens (including phenoxy) is 1. The molecule has 0 saturated carbocycles. The van der Waals surface area contributed by atoms with Gasteiger partial charge in [-0.15, -0.1) is 11.3 Å². The van der Waals surface area contributed by atoms with Gasteiger partial charge < -0.3 is 14.5 Å². The first kappa shape index (κ1) is 23.4. The summed E-state index contributed by atoms with van der Waals surface area (Å²) < 4.78 is 5.12. The highest BCUT2D eigenvalue weighted by Gasteiger charge is 2.35. The van der Waals surface area contributed by atoms with Crippen LogP contribution in [0, 0.1) is 18.8 Å². The topological polar surface area (TPSA) is 92.7 Å².